The summed E-state index contributed by atoms with van der Waals surface area (Å²) >= 11 is 6.21. The molecule has 0 spiro atoms. The molecule has 2 aromatic carbocycles. The lowest BCUT2D eigenvalue weighted by Crippen LogP contribution is -2.32. The molecular weight excluding hydrogens is 336 g/mol. The zero-order valence-electron chi connectivity index (χ0n) is 14.3. The molecule has 0 saturated heterocycles. The van der Waals surface area contributed by atoms with Crippen LogP contribution < -0.4 is 10.2 Å². The predicted molar refractivity (Wildman–Crippen MR) is 99.9 cm³/mol. The first-order valence-corrected chi connectivity index (χ1v) is 8.78. The maximum Gasteiger partial charge on any atom is 0.253 e. The lowest BCUT2D eigenvalue weighted by atomic mass is 10.1. The number of hydrogen-bond donors (Lipinski definition) is 1. The van der Waals surface area contributed by atoms with Crippen molar-refractivity contribution >= 4 is 29.1 Å². The lowest BCUT2D eigenvalue weighted by molar-refractivity contribution is -0.119. The first-order valence-electron chi connectivity index (χ1n) is 8.41. The minimum Gasteiger partial charge on any atom is -0.345 e. The van der Waals surface area contributed by atoms with E-state index < -0.39 is 0 Å². The molecule has 4 nitrogen and oxygen atoms in total. The van der Waals surface area contributed by atoms with Gasteiger partial charge in [0.05, 0.1) is 17.3 Å². The maximum absolute atomic E-state index is 12.8. The van der Waals surface area contributed by atoms with Crippen LogP contribution in [0.2, 0.25) is 5.02 Å². The molecule has 25 heavy (non-hydrogen) atoms. The van der Waals surface area contributed by atoms with Gasteiger partial charge in [-0.05, 0) is 43.5 Å². The van der Waals surface area contributed by atoms with Crippen molar-refractivity contribution in [3.8, 4) is 0 Å². The number of anilines is 1. The van der Waals surface area contributed by atoms with Crippen LogP contribution in [0.1, 0.15) is 41.7 Å². The molecule has 0 aliphatic heterocycles. The smallest absolute Gasteiger partial charge is 0.253 e. The van der Waals surface area contributed by atoms with Gasteiger partial charge >= 0.3 is 0 Å². The number of hydrogen-bond acceptors (Lipinski definition) is 2. The van der Waals surface area contributed by atoms with E-state index in [2.05, 4.69) is 5.32 Å². The Kier molecular flexibility index (Phi) is 5.09. The van der Waals surface area contributed by atoms with E-state index in [0.717, 1.165) is 18.4 Å². The van der Waals surface area contributed by atoms with Gasteiger partial charge in [0, 0.05) is 18.0 Å². The first kappa shape index (κ1) is 17.5. The molecule has 1 unspecified atom stereocenters. The van der Waals surface area contributed by atoms with Gasteiger partial charge in [0.2, 0.25) is 5.91 Å². The van der Waals surface area contributed by atoms with Crippen LogP contribution in [0, 0.1) is 5.92 Å². The molecule has 0 aromatic heterocycles. The van der Waals surface area contributed by atoms with Crippen LogP contribution in [0.15, 0.2) is 48.5 Å². The van der Waals surface area contributed by atoms with Gasteiger partial charge in [-0.25, -0.2) is 0 Å². The van der Waals surface area contributed by atoms with Crippen LogP contribution >= 0.6 is 11.6 Å². The maximum atomic E-state index is 12.8. The standard InChI is InChI=1S/C20H21ClN2O2/c1-13(15-7-3-5-9-17(15)21)22-19(24)16-8-4-6-10-18(16)23(2)20(25)14-11-12-14/h3-10,13-14H,11-12H2,1-2H3,(H,22,24). The van der Waals surface area contributed by atoms with Crippen molar-refractivity contribution < 1.29 is 9.59 Å². The number of benzene rings is 2. The van der Waals surface area contributed by atoms with Gasteiger partial charge in [0.25, 0.3) is 5.91 Å². The Morgan fingerprint density at radius 1 is 1.12 bits per heavy atom. The fraction of sp³-hybridized carbons (Fsp3) is 0.300. The second-order valence-electron chi connectivity index (χ2n) is 6.41. The summed E-state index contributed by atoms with van der Waals surface area (Å²) in [6.45, 7) is 1.89. The number of halogens is 1. The molecule has 1 aliphatic rings. The van der Waals surface area contributed by atoms with E-state index in [1.165, 1.54) is 0 Å². The molecule has 0 heterocycles. The number of amides is 2. The fourth-order valence-corrected chi connectivity index (χ4v) is 3.16. The van der Waals surface area contributed by atoms with E-state index in [9.17, 15) is 9.59 Å². The van der Waals surface area contributed by atoms with E-state index in [-0.39, 0.29) is 23.8 Å². The third kappa shape index (κ3) is 3.85. The number of carbonyl (C=O) groups excluding carboxylic acids is 2. The monoisotopic (exact) mass is 356 g/mol. The topological polar surface area (TPSA) is 49.4 Å². The molecule has 2 aromatic rings. The number of nitrogens with zero attached hydrogens (tertiary/aromatic N) is 1. The number of para-hydroxylation sites is 1. The lowest BCUT2D eigenvalue weighted by Gasteiger charge is -2.22. The molecule has 0 bridgehead atoms. The summed E-state index contributed by atoms with van der Waals surface area (Å²) in [5.41, 5.74) is 1.97. The normalized spacial score (nSPS) is 14.7. The van der Waals surface area contributed by atoms with Gasteiger partial charge in [-0.2, -0.15) is 0 Å². The Labute approximate surface area is 152 Å². The van der Waals surface area contributed by atoms with Crippen molar-refractivity contribution in [2.24, 2.45) is 5.92 Å². The highest BCUT2D eigenvalue weighted by Gasteiger charge is 2.33. The quantitative estimate of drug-likeness (QED) is 0.872. The molecule has 2 amide bonds. The second-order valence-corrected chi connectivity index (χ2v) is 6.81. The van der Waals surface area contributed by atoms with E-state index in [1.54, 1.807) is 36.2 Å². The molecule has 130 valence electrons. The molecule has 1 aliphatic carbocycles. The Hall–Kier alpha value is -2.33. The highest BCUT2D eigenvalue weighted by molar-refractivity contribution is 6.31. The highest BCUT2D eigenvalue weighted by atomic mass is 35.5. The summed E-state index contributed by atoms with van der Waals surface area (Å²) in [4.78, 5) is 26.7. The van der Waals surface area contributed by atoms with Crippen LogP contribution in [-0.2, 0) is 4.79 Å². The van der Waals surface area contributed by atoms with Crippen LogP contribution in [0.5, 0.6) is 0 Å². The van der Waals surface area contributed by atoms with Gasteiger partial charge < -0.3 is 10.2 Å². The molecule has 1 N–H and O–H groups in total. The summed E-state index contributed by atoms with van der Waals surface area (Å²) in [6.07, 6.45) is 1.86. The second kappa shape index (κ2) is 7.28. The molecule has 0 radical (unpaired) electrons. The van der Waals surface area contributed by atoms with Crippen LogP contribution in [0.3, 0.4) is 0 Å². The SMILES string of the molecule is CC(NC(=O)c1ccccc1N(C)C(=O)C1CC1)c1ccccc1Cl. The molecule has 1 fully saturated rings. The van der Waals surface area contributed by atoms with Gasteiger partial charge in [0.15, 0.2) is 0 Å². The fourth-order valence-electron chi connectivity index (χ4n) is 2.86. The van der Waals surface area contributed by atoms with E-state index in [1.807, 2.05) is 31.2 Å². The average molecular weight is 357 g/mol. The minimum absolute atomic E-state index is 0.0689. The van der Waals surface area contributed by atoms with Crippen LogP contribution in [-0.4, -0.2) is 18.9 Å². The number of carbonyl (C=O) groups is 2. The number of nitrogens with one attached hydrogen (secondary N) is 1. The van der Waals surface area contributed by atoms with Gasteiger partial charge in [0.1, 0.15) is 0 Å². The Morgan fingerprint density at radius 3 is 2.44 bits per heavy atom. The summed E-state index contributed by atoms with van der Waals surface area (Å²) in [5.74, 6) is -0.0546. The Balaban J connectivity index is 1.80. The third-order valence-corrected chi connectivity index (χ3v) is 4.83. The van der Waals surface area contributed by atoms with E-state index >= 15 is 0 Å². The third-order valence-electron chi connectivity index (χ3n) is 4.49. The Morgan fingerprint density at radius 2 is 1.76 bits per heavy atom. The molecule has 3 rings (SSSR count). The van der Waals surface area contributed by atoms with Crippen molar-refractivity contribution in [3.63, 3.8) is 0 Å². The van der Waals surface area contributed by atoms with Crippen molar-refractivity contribution in [3.05, 3.63) is 64.7 Å². The summed E-state index contributed by atoms with van der Waals surface area (Å²) < 4.78 is 0. The van der Waals surface area contributed by atoms with Crippen LogP contribution in [0.25, 0.3) is 0 Å². The summed E-state index contributed by atoms with van der Waals surface area (Å²) in [6, 6.07) is 14.4. The minimum atomic E-state index is -0.237. The largest absolute Gasteiger partial charge is 0.345 e. The summed E-state index contributed by atoms with van der Waals surface area (Å²) in [5, 5.41) is 3.59. The van der Waals surface area contributed by atoms with Gasteiger partial charge in [-0.1, -0.05) is 41.9 Å². The molecule has 5 heteroatoms. The van der Waals surface area contributed by atoms with E-state index in [4.69, 9.17) is 11.6 Å². The van der Waals surface area contributed by atoms with Crippen molar-refractivity contribution in [2.45, 2.75) is 25.8 Å². The van der Waals surface area contributed by atoms with Gasteiger partial charge in [-0.3, -0.25) is 9.59 Å². The highest BCUT2D eigenvalue weighted by Crippen LogP contribution is 2.33. The number of rotatable bonds is 5. The molecular formula is C20H21ClN2O2. The molecule has 1 saturated carbocycles. The summed E-state index contributed by atoms with van der Waals surface area (Å²) in [7, 11) is 1.73. The average Bonchev–Trinajstić information content (AvgIpc) is 3.45. The van der Waals surface area contributed by atoms with Crippen molar-refractivity contribution in [2.75, 3.05) is 11.9 Å². The molecule has 1 atom stereocenters. The predicted octanol–water partition coefficient (Wildman–Crippen LogP) is 4.20. The van der Waals surface area contributed by atoms with Gasteiger partial charge in [-0.15, -0.1) is 0 Å². The zero-order valence-corrected chi connectivity index (χ0v) is 15.1. The first-order chi connectivity index (χ1) is 12.0. The van der Waals surface area contributed by atoms with Crippen molar-refractivity contribution in [1.82, 2.24) is 5.32 Å². The van der Waals surface area contributed by atoms with Crippen LogP contribution in [0.4, 0.5) is 5.69 Å². The Bertz CT molecular complexity index is 802. The van der Waals surface area contributed by atoms with E-state index in [0.29, 0.717) is 16.3 Å². The van der Waals surface area contributed by atoms with Crippen molar-refractivity contribution in [1.29, 1.82) is 0 Å². The zero-order chi connectivity index (χ0) is 18.0.